The van der Waals surface area contributed by atoms with E-state index in [-0.39, 0.29) is 28.0 Å². The smallest absolute Gasteiger partial charge is 0.347 e. The number of sulfonamides is 1. The van der Waals surface area contributed by atoms with Crippen molar-refractivity contribution >= 4 is 33.6 Å². The molecule has 0 saturated carbocycles. The lowest BCUT2D eigenvalue weighted by Gasteiger charge is -2.16. The van der Waals surface area contributed by atoms with Crippen LogP contribution in [0.3, 0.4) is 0 Å². The first-order valence-electron chi connectivity index (χ1n) is 6.91. The van der Waals surface area contributed by atoms with Crippen molar-refractivity contribution < 1.29 is 32.3 Å². The van der Waals surface area contributed by atoms with Crippen LogP contribution in [-0.4, -0.2) is 51.2 Å². The summed E-state index contributed by atoms with van der Waals surface area (Å²) >= 11 is 5.91. The molecule has 0 aromatic heterocycles. The largest absolute Gasteiger partial charge is 0.460 e. The van der Waals surface area contributed by atoms with E-state index in [1.807, 2.05) is 0 Å². The second-order valence-electron chi connectivity index (χ2n) is 5.12. The van der Waals surface area contributed by atoms with Crippen molar-refractivity contribution in [1.29, 1.82) is 0 Å². The number of carbonyl (C=O) groups is 2. The molecular formula is C14H16ClNO7S. The Balaban J connectivity index is 2.28. The Labute approximate surface area is 144 Å². The van der Waals surface area contributed by atoms with Crippen molar-refractivity contribution in [3.63, 3.8) is 0 Å². The van der Waals surface area contributed by atoms with Crippen LogP contribution in [0.5, 0.6) is 0 Å². The summed E-state index contributed by atoms with van der Waals surface area (Å²) in [6.07, 6.45) is -1.10. The van der Waals surface area contributed by atoms with Gasteiger partial charge in [0.15, 0.2) is 0 Å². The van der Waals surface area contributed by atoms with Gasteiger partial charge in [-0.15, -0.1) is 0 Å². The van der Waals surface area contributed by atoms with Gasteiger partial charge < -0.3 is 9.47 Å². The molecule has 2 rings (SSSR count). The summed E-state index contributed by atoms with van der Waals surface area (Å²) in [6, 6.07) is 3.63. The summed E-state index contributed by atoms with van der Waals surface area (Å²) in [4.78, 5) is 28.0. The van der Waals surface area contributed by atoms with Crippen LogP contribution in [0.15, 0.2) is 23.1 Å². The second kappa shape index (κ2) is 7.06. The fraction of sp³-hybridized carbons (Fsp3) is 0.429. The van der Waals surface area contributed by atoms with Gasteiger partial charge in [-0.1, -0.05) is 16.1 Å². The molecule has 1 heterocycles. The number of benzene rings is 1. The quantitative estimate of drug-likeness (QED) is 0.564. The molecule has 0 unspecified atom stereocenters. The molecule has 8 nitrogen and oxygen atoms in total. The molecule has 0 N–H and O–H groups in total. The van der Waals surface area contributed by atoms with Gasteiger partial charge in [0.25, 0.3) is 10.0 Å². The Morgan fingerprint density at radius 3 is 2.62 bits per heavy atom. The average Bonchev–Trinajstić information content (AvgIpc) is 2.84. The molecule has 0 bridgehead atoms. The van der Waals surface area contributed by atoms with Crippen molar-refractivity contribution in [2.45, 2.75) is 30.4 Å². The summed E-state index contributed by atoms with van der Waals surface area (Å²) in [5, 5.41) is -0.0793. The Bertz CT molecular complexity index is 764. The number of esters is 2. The molecule has 0 radical (unpaired) electrons. The molecule has 1 aromatic carbocycles. The summed E-state index contributed by atoms with van der Waals surface area (Å²) < 4.78 is 35.2. The van der Waals surface area contributed by atoms with E-state index in [9.17, 15) is 18.0 Å². The van der Waals surface area contributed by atoms with Gasteiger partial charge in [0.05, 0.1) is 17.7 Å². The van der Waals surface area contributed by atoms with Crippen molar-refractivity contribution in [2.75, 3.05) is 14.2 Å². The number of nitrogens with zero attached hydrogens (tertiary/aromatic N) is 1. The van der Waals surface area contributed by atoms with E-state index in [4.69, 9.17) is 21.1 Å². The molecule has 1 fully saturated rings. The highest BCUT2D eigenvalue weighted by molar-refractivity contribution is 7.89. The number of hydroxylamine groups is 1. The number of rotatable bonds is 5. The van der Waals surface area contributed by atoms with Crippen molar-refractivity contribution in [2.24, 2.45) is 0 Å². The normalized spacial score (nSPS) is 21.0. The van der Waals surface area contributed by atoms with Gasteiger partial charge in [-0.25, -0.2) is 18.0 Å². The standard InChI is InChI=1S/C14H16ClNO7S/c1-8-6-11(14(18)22-8)23-13(17)9-4-5-10(15)12(7-9)24(19,20)16(2)21-3/h4-5,7-8,11H,6H2,1-3H3/t8-,11+/m0/s1. The molecule has 1 aromatic rings. The van der Waals surface area contributed by atoms with Crippen LogP contribution < -0.4 is 0 Å². The summed E-state index contributed by atoms with van der Waals surface area (Å²) in [6.45, 7) is 1.68. The summed E-state index contributed by atoms with van der Waals surface area (Å²) in [5.74, 6) is -1.48. The van der Waals surface area contributed by atoms with Crippen LogP contribution in [0.1, 0.15) is 23.7 Å². The minimum absolute atomic E-state index is 0.0603. The van der Waals surface area contributed by atoms with Crippen molar-refractivity contribution in [1.82, 2.24) is 4.47 Å². The molecule has 1 saturated heterocycles. The number of halogens is 1. The molecule has 0 spiro atoms. The van der Waals surface area contributed by atoms with Crippen LogP contribution >= 0.6 is 11.6 Å². The zero-order valence-electron chi connectivity index (χ0n) is 13.2. The zero-order chi connectivity index (χ0) is 18.1. The third-order valence-corrected chi connectivity index (χ3v) is 5.58. The highest BCUT2D eigenvalue weighted by Crippen LogP contribution is 2.26. The number of hydrogen-bond donors (Lipinski definition) is 0. The monoisotopic (exact) mass is 377 g/mol. The first-order valence-corrected chi connectivity index (χ1v) is 8.72. The van der Waals surface area contributed by atoms with Gasteiger partial charge in [-0.3, -0.25) is 4.84 Å². The Morgan fingerprint density at radius 1 is 1.42 bits per heavy atom. The Kier molecular flexibility index (Phi) is 5.49. The first kappa shape index (κ1) is 18.7. The van der Waals surface area contributed by atoms with Crippen molar-refractivity contribution in [3.8, 4) is 0 Å². The van der Waals surface area contributed by atoms with E-state index in [0.29, 0.717) is 4.47 Å². The predicted molar refractivity (Wildman–Crippen MR) is 82.8 cm³/mol. The molecular weight excluding hydrogens is 362 g/mol. The lowest BCUT2D eigenvalue weighted by Crippen LogP contribution is -2.26. The number of ether oxygens (including phenoxy) is 2. The fourth-order valence-electron chi connectivity index (χ4n) is 2.08. The van der Waals surface area contributed by atoms with Crippen molar-refractivity contribution in [3.05, 3.63) is 28.8 Å². The van der Waals surface area contributed by atoms with Gasteiger partial charge in [-0.05, 0) is 25.1 Å². The number of carbonyl (C=O) groups excluding carboxylic acids is 2. The Morgan fingerprint density at radius 2 is 2.08 bits per heavy atom. The highest BCUT2D eigenvalue weighted by atomic mass is 35.5. The number of hydrogen-bond acceptors (Lipinski definition) is 7. The van der Waals surface area contributed by atoms with Gasteiger partial charge in [0.2, 0.25) is 6.10 Å². The van der Waals surface area contributed by atoms with Crippen LogP contribution in [0.4, 0.5) is 0 Å². The maximum absolute atomic E-state index is 12.3. The lowest BCUT2D eigenvalue weighted by molar-refractivity contribution is -0.147. The molecule has 2 atom stereocenters. The van der Waals surface area contributed by atoms with E-state index < -0.39 is 28.1 Å². The summed E-state index contributed by atoms with van der Waals surface area (Å²) in [5.41, 5.74) is -0.0603. The van der Waals surface area contributed by atoms with Crippen LogP contribution in [0.25, 0.3) is 0 Å². The highest BCUT2D eigenvalue weighted by Gasteiger charge is 2.35. The van der Waals surface area contributed by atoms with E-state index >= 15 is 0 Å². The van der Waals surface area contributed by atoms with E-state index in [1.165, 1.54) is 26.3 Å². The minimum Gasteiger partial charge on any atom is -0.460 e. The van der Waals surface area contributed by atoms with Gasteiger partial charge in [0.1, 0.15) is 11.0 Å². The molecule has 1 aliphatic heterocycles. The molecule has 1 aliphatic rings. The van der Waals surface area contributed by atoms with Gasteiger partial charge in [-0.2, -0.15) is 0 Å². The van der Waals surface area contributed by atoms with E-state index in [0.717, 1.165) is 6.07 Å². The first-order chi connectivity index (χ1) is 11.2. The molecule has 24 heavy (non-hydrogen) atoms. The van der Waals surface area contributed by atoms with Crippen LogP contribution in [-0.2, 0) is 29.1 Å². The van der Waals surface area contributed by atoms with Crippen LogP contribution in [0.2, 0.25) is 5.02 Å². The van der Waals surface area contributed by atoms with Crippen LogP contribution in [0, 0.1) is 0 Å². The van der Waals surface area contributed by atoms with E-state index in [2.05, 4.69) is 4.84 Å². The molecule has 0 amide bonds. The number of cyclic esters (lactones) is 1. The minimum atomic E-state index is -4.04. The molecule has 132 valence electrons. The SMILES string of the molecule is CON(C)S(=O)(=O)c1cc(C(=O)O[C@@H]2C[C@H](C)OC2=O)ccc1Cl. The maximum atomic E-state index is 12.3. The predicted octanol–water partition coefficient (Wildman–Crippen LogP) is 1.38. The van der Waals surface area contributed by atoms with E-state index in [1.54, 1.807) is 6.92 Å². The topological polar surface area (TPSA) is 99.2 Å². The molecule has 10 heteroatoms. The second-order valence-corrected chi connectivity index (χ2v) is 7.43. The average molecular weight is 378 g/mol. The van der Waals surface area contributed by atoms with Gasteiger partial charge in [0, 0.05) is 13.5 Å². The zero-order valence-corrected chi connectivity index (χ0v) is 14.8. The summed E-state index contributed by atoms with van der Waals surface area (Å²) in [7, 11) is -1.68. The fourth-order valence-corrected chi connectivity index (χ4v) is 3.55. The third-order valence-electron chi connectivity index (χ3n) is 3.42. The van der Waals surface area contributed by atoms with Gasteiger partial charge >= 0.3 is 11.9 Å². The Hall–Kier alpha value is -1.68. The molecule has 0 aliphatic carbocycles. The lowest BCUT2D eigenvalue weighted by atomic mass is 10.2. The maximum Gasteiger partial charge on any atom is 0.347 e. The third kappa shape index (κ3) is 3.69.